The summed E-state index contributed by atoms with van der Waals surface area (Å²) >= 11 is 5.85. The van der Waals surface area contributed by atoms with E-state index in [-0.39, 0.29) is 15.8 Å². The lowest BCUT2D eigenvalue weighted by Gasteiger charge is -2.11. The van der Waals surface area contributed by atoms with Gasteiger partial charge in [0, 0.05) is 5.02 Å². The molecule has 1 heterocycles. The van der Waals surface area contributed by atoms with Crippen molar-refractivity contribution < 1.29 is 12.8 Å². The minimum Gasteiger partial charge on any atom is -0.372 e. The molecule has 0 atom stereocenters. The molecule has 0 spiro atoms. The average molecular weight is 367 g/mol. The fourth-order valence-corrected chi connectivity index (χ4v) is 3.57. The molecule has 7 nitrogen and oxygen atoms in total. The van der Waals surface area contributed by atoms with Crippen LogP contribution in [0.25, 0.3) is 10.9 Å². The van der Waals surface area contributed by atoms with Gasteiger partial charge in [-0.15, -0.1) is 0 Å². The van der Waals surface area contributed by atoms with Crippen molar-refractivity contribution >= 4 is 38.2 Å². The Morgan fingerprint density at radius 3 is 2.58 bits per heavy atom. The third-order valence-corrected chi connectivity index (χ3v) is 4.97. The van der Waals surface area contributed by atoms with Crippen LogP contribution in [0.15, 0.2) is 55.3 Å². The molecule has 124 valence electrons. The Bertz CT molecular complexity index is 1160. The van der Waals surface area contributed by atoms with Crippen LogP contribution in [0.5, 0.6) is 0 Å². The Morgan fingerprint density at radius 2 is 1.88 bits per heavy atom. The largest absolute Gasteiger partial charge is 0.419 e. The van der Waals surface area contributed by atoms with E-state index in [0.29, 0.717) is 16.3 Å². The van der Waals surface area contributed by atoms with Gasteiger partial charge in [0.05, 0.1) is 21.5 Å². The highest BCUT2D eigenvalue weighted by molar-refractivity contribution is 7.92. The van der Waals surface area contributed by atoms with Crippen molar-refractivity contribution in [3.63, 3.8) is 0 Å². The van der Waals surface area contributed by atoms with E-state index in [0.717, 1.165) is 6.07 Å². The van der Waals surface area contributed by atoms with Crippen LogP contribution in [0.1, 0.15) is 5.56 Å². The van der Waals surface area contributed by atoms with Gasteiger partial charge in [0.25, 0.3) is 10.0 Å². The normalized spacial score (nSPS) is 11.6. The van der Waals surface area contributed by atoms with Gasteiger partial charge >= 0.3 is 11.4 Å². The second kappa shape index (κ2) is 5.81. The Balaban J connectivity index is 2.08. The topological polar surface area (TPSA) is 109 Å². The fourth-order valence-electron chi connectivity index (χ4n) is 2.19. The van der Waals surface area contributed by atoms with Gasteiger partial charge < -0.3 is 4.42 Å². The van der Waals surface area contributed by atoms with Crippen LogP contribution >= 0.6 is 11.6 Å². The minimum absolute atomic E-state index is 0.0368. The minimum atomic E-state index is -3.93. The van der Waals surface area contributed by atoms with Gasteiger partial charge in [-0.2, -0.15) is 0 Å². The molecule has 2 aromatic carbocycles. The van der Waals surface area contributed by atoms with Gasteiger partial charge in [-0.3, -0.25) is 9.71 Å². The van der Waals surface area contributed by atoms with Gasteiger partial charge in [0.2, 0.25) is 0 Å². The van der Waals surface area contributed by atoms with E-state index in [9.17, 15) is 18.0 Å². The van der Waals surface area contributed by atoms with Crippen molar-refractivity contribution in [3.05, 3.63) is 68.0 Å². The number of H-pyrrole nitrogens is 1. The monoisotopic (exact) mass is 366 g/mol. The molecule has 0 aliphatic heterocycles. The number of sulfonamides is 1. The first-order valence-electron chi connectivity index (χ1n) is 6.72. The third kappa shape index (κ3) is 3.06. The molecule has 0 amide bonds. The zero-order valence-electron chi connectivity index (χ0n) is 12.3. The van der Waals surface area contributed by atoms with Gasteiger partial charge in [-0.25, -0.2) is 18.0 Å². The smallest absolute Gasteiger partial charge is 0.372 e. The highest BCUT2D eigenvalue weighted by Gasteiger charge is 2.17. The summed E-state index contributed by atoms with van der Waals surface area (Å²) in [6.07, 6.45) is 0. The molecule has 24 heavy (non-hydrogen) atoms. The molecule has 0 aliphatic carbocycles. The highest BCUT2D eigenvalue weighted by Crippen LogP contribution is 2.23. The molecule has 0 saturated carbocycles. The second-order valence-corrected chi connectivity index (χ2v) is 7.19. The summed E-state index contributed by atoms with van der Waals surface area (Å²) < 4.78 is 31.9. The maximum Gasteiger partial charge on any atom is 0.419 e. The van der Waals surface area contributed by atoms with E-state index in [1.165, 1.54) is 12.1 Å². The number of aryl methyl sites for hydroxylation is 1. The zero-order chi connectivity index (χ0) is 17.5. The van der Waals surface area contributed by atoms with E-state index < -0.39 is 21.4 Å². The Labute approximate surface area is 140 Å². The van der Waals surface area contributed by atoms with E-state index >= 15 is 0 Å². The number of hydrogen-bond acceptors (Lipinski definition) is 5. The van der Waals surface area contributed by atoms with E-state index in [4.69, 9.17) is 11.6 Å². The summed E-state index contributed by atoms with van der Waals surface area (Å²) in [7, 11) is -3.93. The first-order valence-corrected chi connectivity index (χ1v) is 8.58. The summed E-state index contributed by atoms with van der Waals surface area (Å²) in [5.41, 5.74) is 0.301. The number of aromatic nitrogens is 1. The van der Waals surface area contributed by atoms with E-state index in [1.54, 1.807) is 25.1 Å². The van der Waals surface area contributed by atoms with Crippen LogP contribution in [0.4, 0.5) is 5.69 Å². The molecule has 1 aromatic heterocycles. The Hall–Kier alpha value is -2.58. The van der Waals surface area contributed by atoms with Gasteiger partial charge in [0.1, 0.15) is 0 Å². The van der Waals surface area contributed by atoms with Crippen molar-refractivity contribution in [1.29, 1.82) is 0 Å². The number of anilines is 1. The van der Waals surface area contributed by atoms with Crippen LogP contribution in [0.2, 0.25) is 5.02 Å². The molecule has 0 radical (unpaired) electrons. The second-order valence-electron chi connectivity index (χ2n) is 5.07. The highest BCUT2D eigenvalue weighted by atomic mass is 35.5. The van der Waals surface area contributed by atoms with E-state index in [1.807, 2.05) is 0 Å². The molecule has 0 fully saturated rings. The van der Waals surface area contributed by atoms with Crippen molar-refractivity contribution in [2.75, 3.05) is 4.72 Å². The fraction of sp³-hybridized carbons (Fsp3) is 0.0667. The summed E-state index contributed by atoms with van der Waals surface area (Å²) in [6, 6.07) is 8.49. The lowest BCUT2D eigenvalue weighted by atomic mass is 10.2. The molecule has 0 unspecified atom stereocenters. The standard InChI is InChI=1S/C15H11ClN2O5S/c1-8-6-9(16)2-4-12(8)18-24(21,22)10-3-5-13-11(7-10)14(19)23-15(20)17-13/h2-7,18H,1H3,(H,17,20). The number of nitrogens with one attached hydrogen (secondary N) is 2. The first-order chi connectivity index (χ1) is 11.3. The Kier molecular flexibility index (Phi) is 3.94. The van der Waals surface area contributed by atoms with Crippen LogP contribution < -0.4 is 16.1 Å². The maximum absolute atomic E-state index is 12.5. The van der Waals surface area contributed by atoms with E-state index in [2.05, 4.69) is 14.1 Å². The predicted molar refractivity (Wildman–Crippen MR) is 90.1 cm³/mol. The molecular weight excluding hydrogens is 356 g/mol. The number of halogens is 1. The lowest BCUT2D eigenvalue weighted by Crippen LogP contribution is -2.17. The average Bonchev–Trinajstić information content (AvgIpc) is 2.49. The molecule has 0 aliphatic rings. The summed E-state index contributed by atoms with van der Waals surface area (Å²) in [5.74, 6) is -0.905. The van der Waals surface area contributed by atoms with Crippen LogP contribution in [-0.2, 0) is 10.0 Å². The van der Waals surface area contributed by atoms with Crippen LogP contribution in [0.3, 0.4) is 0 Å². The van der Waals surface area contributed by atoms with Gasteiger partial charge in [-0.05, 0) is 48.9 Å². The zero-order valence-corrected chi connectivity index (χ0v) is 13.9. The van der Waals surface area contributed by atoms with Crippen LogP contribution in [-0.4, -0.2) is 13.4 Å². The first kappa shape index (κ1) is 16.3. The molecule has 3 rings (SSSR count). The van der Waals surface area contributed by atoms with Crippen molar-refractivity contribution in [2.24, 2.45) is 0 Å². The molecular formula is C15H11ClN2O5S. The lowest BCUT2D eigenvalue weighted by molar-refractivity contribution is 0.460. The summed E-state index contributed by atoms with van der Waals surface area (Å²) in [5, 5.41) is 0.452. The molecule has 9 heteroatoms. The molecule has 0 saturated heterocycles. The molecule has 0 bridgehead atoms. The molecule has 3 aromatic rings. The van der Waals surface area contributed by atoms with Crippen molar-refractivity contribution in [2.45, 2.75) is 11.8 Å². The Morgan fingerprint density at radius 1 is 1.12 bits per heavy atom. The molecule has 2 N–H and O–H groups in total. The number of hydrogen-bond donors (Lipinski definition) is 2. The van der Waals surface area contributed by atoms with Gasteiger partial charge in [0.15, 0.2) is 0 Å². The van der Waals surface area contributed by atoms with Crippen molar-refractivity contribution in [1.82, 2.24) is 4.98 Å². The van der Waals surface area contributed by atoms with Gasteiger partial charge in [-0.1, -0.05) is 11.6 Å². The number of benzene rings is 2. The third-order valence-electron chi connectivity index (χ3n) is 3.38. The number of fused-ring (bicyclic) bond motifs is 1. The maximum atomic E-state index is 12.5. The number of aromatic amines is 1. The van der Waals surface area contributed by atoms with Crippen molar-refractivity contribution in [3.8, 4) is 0 Å². The summed E-state index contributed by atoms with van der Waals surface area (Å²) in [4.78, 5) is 25.0. The quantitative estimate of drug-likeness (QED) is 0.738. The SMILES string of the molecule is Cc1cc(Cl)ccc1NS(=O)(=O)c1ccc2[nH]c(=O)oc(=O)c2c1. The van der Waals surface area contributed by atoms with Crippen LogP contribution in [0, 0.1) is 6.92 Å². The predicted octanol–water partition coefficient (Wildman–Crippen LogP) is 2.24. The summed E-state index contributed by atoms with van der Waals surface area (Å²) in [6.45, 7) is 1.71. The number of rotatable bonds is 3.